The van der Waals surface area contributed by atoms with Crippen molar-refractivity contribution in [1.29, 1.82) is 0 Å². The Morgan fingerprint density at radius 1 is 1.00 bits per heavy atom. The number of rotatable bonds is 3. The van der Waals surface area contributed by atoms with Gasteiger partial charge in [-0.25, -0.2) is 15.0 Å². The molecule has 0 radical (unpaired) electrons. The van der Waals surface area contributed by atoms with E-state index in [1.165, 1.54) is 7.11 Å². The van der Waals surface area contributed by atoms with Crippen molar-refractivity contribution in [2.45, 2.75) is 32.6 Å². The lowest BCUT2D eigenvalue weighted by atomic mass is 9.75. The molecule has 210 valence electrons. The Bertz CT molecular complexity index is 1340. The van der Waals surface area contributed by atoms with E-state index in [0.29, 0.717) is 61.4 Å². The SMILES string of the molecule is COc1ncccc1C(=O)N1CCC2(CCCN(c3ccnc(C)n3)CCNC(=O)c3ccccc3OC2)CC1. The number of ether oxygens (including phenoxy) is 2. The second-order valence-electron chi connectivity index (χ2n) is 10.4. The number of piperidine rings is 1. The van der Waals surface area contributed by atoms with Crippen molar-refractivity contribution in [1.82, 2.24) is 25.2 Å². The minimum absolute atomic E-state index is 0.0716. The molecule has 1 spiro atoms. The number of hydrogen-bond donors (Lipinski definition) is 1. The van der Waals surface area contributed by atoms with E-state index >= 15 is 0 Å². The Kier molecular flexibility index (Phi) is 8.42. The van der Waals surface area contributed by atoms with Crippen LogP contribution in [-0.4, -0.2) is 78.1 Å². The molecule has 3 aromatic rings. The molecule has 40 heavy (non-hydrogen) atoms. The lowest BCUT2D eigenvalue weighted by Crippen LogP contribution is -2.46. The van der Waals surface area contributed by atoms with Gasteiger partial charge in [-0.05, 0) is 62.9 Å². The van der Waals surface area contributed by atoms with Crippen molar-refractivity contribution in [2.75, 3.05) is 51.3 Å². The molecule has 5 rings (SSSR count). The summed E-state index contributed by atoms with van der Waals surface area (Å²) < 4.78 is 11.7. The van der Waals surface area contributed by atoms with Crippen molar-refractivity contribution in [3.8, 4) is 11.6 Å². The van der Waals surface area contributed by atoms with E-state index in [9.17, 15) is 9.59 Å². The Balaban J connectivity index is 1.36. The standard InChI is InChI=1S/C30H36N6O4/c1-22-31-15-10-26(34-22)35-17-6-11-30(21-40-25-9-4-3-7-23(25)27(37)32-16-20-35)12-18-36(19-13-30)29(38)24-8-5-14-33-28(24)39-2/h3-5,7-10,14-15H,6,11-13,16-21H2,1-2H3,(H,32,37). The predicted octanol–water partition coefficient (Wildman–Crippen LogP) is 3.52. The molecule has 1 N–H and O–H groups in total. The van der Waals surface area contributed by atoms with Gasteiger partial charge < -0.3 is 24.6 Å². The molecular formula is C30H36N6O4. The fourth-order valence-corrected chi connectivity index (χ4v) is 5.55. The molecule has 2 amide bonds. The maximum Gasteiger partial charge on any atom is 0.259 e. The van der Waals surface area contributed by atoms with Gasteiger partial charge >= 0.3 is 0 Å². The number of carbonyl (C=O) groups excluding carboxylic acids is 2. The van der Waals surface area contributed by atoms with E-state index in [4.69, 9.17) is 9.47 Å². The number of aromatic nitrogens is 3. The van der Waals surface area contributed by atoms with Crippen molar-refractivity contribution in [2.24, 2.45) is 5.41 Å². The van der Waals surface area contributed by atoms with Gasteiger partial charge in [0, 0.05) is 50.5 Å². The van der Waals surface area contributed by atoms with Crippen LogP contribution in [0.25, 0.3) is 0 Å². The summed E-state index contributed by atoms with van der Waals surface area (Å²) in [6.07, 6.45) is 6.83. The van der Waals surface area contributed by atoms with Crippen LogP contribution >= 0.6 is 0 Å². The Hall–Kier alpha value is -4.21. The molecule has 10 nitrogen and oxygen atoms in total. The van der Waals surface area contributed by atoms with E-state index in [2.05, 4.69) is 25.2 Å². The van der Waals surface area contributed by atoms with Crippen molar-refractivity contribution < 1.29 is 19.1 Å². The van der Waals surface area contributed by atoms with Crippen molar-refractivity contribution in [3.63, 3.8) is 0 Å². The minimum Gasteiger partial charge on any atom is -0.492 e. The summed E-state index contributed by atoms with van der Waals surface area (Å²) in [5.41, 5.74) is 0.862. The van der Waals surface area contributed by atoms with Gasteiger partial charge in [-0.2, -0.15) is 0 Å². The first-order chi connectivity index (χ1) is 19.5. The zero-order chi connectivity index (χ0) is 28.0. The molecule has 4 heterocycles. The average molecular weight is 545 g/mol. The molecule has 0 unspecified atom stereocenters. The molecule has 0 aliphatic carbocycles. The molecule has 1 aromatic carbocycles. The molecule has 0 bridgehead atoms. The van der Waals surface area contributed by atoms with Crippen LogP contribution in [0.15, 0.2) is 54.9 Å². The van der Waals surface area contributed by atoms with E-state index in [1.54, 1.807) is 30.6 Å². The number of aryl methyl sites for hydroxylation is 1. The molecule has 1 fully saturated rings. The molecule has 2 aromatic heterocycles. The number of fused-ring (bicyclic) bond motifs is 1. The van der Waals surface area contributed by atoms with Crippen LogP contribution in [0.5, 0.6) is 11.6 Å². The minimum atomic E-state index is -0.159. The third kappa shape index (κ3) is 6.16. The highest BCUT2D eigenvalue weighted by atomic mass is 16.5. The maximum absolute atomic E-state index is 13.3. The van der Waals surface area contributed by atoms with Gasteiger partial charge in [-0.1, -0.05) is 12.1 Å². The molecular weight excluding hydrogens is 508 g/mol. The first kappa shape index (κ1) is 27.4. The molecule has 1 saturated heterocycles. The second kappa shape index (κ2) is 12.3. The lowest BCUT2D eigenvalue weighted by molar-refractivity contribution is 0.0362. The third-order valence-corrected chi connectivity index (χ3v) is 7.86. The number of carbonyl (C=O) groups is 2. The summed E-state index contributed by atoms with van der Waals surface area (Å²) >= 11 is 0. The normalized spacial score (nSPS) is 17.9. The number of nitrogens with one attached hydrogen (secondary N) is 1. The molecule has 2 aliphatic heterocycles. The van der Waals surface area contributed by atoms with E-state index in [1.807, 2.05) is 36.1 Å². The average Bonchev–Trinajstić information content (AvgIpc) is 3.00. The largest absolute Gasteiger partial charge is 0.492 e. The van der Waals surface area contributed by atoms with Crippen LogP contribution < -0.4 is 19.7 Å². The van der Waals surface area contributed by atoms with Gasteiger partial charge in [0.15, 0.2) is 0 Å². The lowest BCUT2D eigenvalue weighted by Gasteiger charge is -2.42. The number of amides is 2. The van der Waals surface area contributed by atoms with Gasteiger partial charge in [-0.15, -0.1) is 0 Å². The van der Waals surface area contributed by atoms with Gasteiger partial charge in [0.25, 0.3) is 11.8 Å². The van der Waals surface area contributed by atoms with Crippen LogP contribution in [0, 0.1) is 12.3 Å². The van der Waals surface area contributed by atoms with Crippen LogP contribution in [0.3, 0.4) is 0 Å². The topological polar surface area (TPSA) is 110 Å². The van der Waals surface area contributed by atoms with Crippen LogP contribution in [0.1, 0.15) is 52.2 Å². The first-order valence-corrected chi connectivity index (χ1v) is 13.8. The zero-order valence-corrected chi connectivity index (χ0v) is 23.1. The summed E-state index contributed by atoms with van der Waals surface area (Å²) in [4.78, 5) is 43.6. The number of hydrogen-bond acceptors (Lipinski definition) is 8. The van der Waals surface area contributed by atoms with Crippen LogP contribution in [-0.2, 0) is 0 Å². The van der Waals surface area contributed by atoms with E-state index < -0.39 is 0 Å². The van der Waals surface area contributed by atoms with Crippen LogP contribution in [0.4, 0.5) is 5.82 Å². The van der Waals surface area contributed by atoms with E-state index in [0.717, 1.165) is 38.0 Å². The molecule has 2 aliphatic rings. The highest BCUT2D eigenvalue weighted by molar-refractivity contribution is 5.97. The quantitative estimate of drug-likeness (QED) is 0.534. The highest BCUT2D eigenvalue weighted by Gasteiger charge is 2.37. The molecule has 10 heteroatoms. The summed E-state index contributed by atoms with van der Waals surface area (Å²) in [7, 11) is 1.53. The zero-order valence-electron chi connectivity index (χ0n) is 23.1. The molecule has 0 saturated carbocycles. The second-order valence-corrected chi connectivity index (χ2v) is 10.4. The molecule has 0 atom stereocenters. The number of para-hydroxylation sites is 1. The summed E-state index contributed by atoms with van der Waals surface area (Å²) in [6, 6.07) is 12.8. The fraction of sp³-hybridized carbons (Fsp3) is 0.433. The smallest absolute Gasteiger partial charge is 0.259 e. The Morgan fingerprint density at radius 2 is 1.82 bits per heavy atom. The third-order valence-electron chi connectivity index (χ3n) is 7.86. The van der Waals surface area contributed by atoms with Crippen LogP contribution in [0.2, 0.25) is 0 Å². The maximum atomic E-state index is 13.3. The van der Waals surface area contributed by atoms with Gasteiger partial charge in [0.1, 0.15) is 23.0 Å². The number of anilines is 1. The Morgan fingerprint density at radius 3 is 2.62 bits per heavy atom. The van der Waals surface area contributed by atoms with Gasteiger partial charge in [0.05, 0.1) is 19.3 Å². The number of likely N-dealkylation sites (tertiary alicyclic amines) is 1. The monoisotopic (exact) mass is 544 g/mol. The van der Waals surface area contributed by atoms with Gasteiger partial charge in [0.2, 0.25) is 5.88 Å². The Labute approximate surface area is 234 Å². The van der Waals surface area contributed by atoms with Crippen molar-refractivity contribution >= 4 is 17.6 Å². The summed E-state index contributed by atoms with van der Waals surface area (Å²) in [5, 5.41) is 3.04. The number of pyridine rings is 1. The number of nitrogens with zero attached hydrogens (tertiary/aromatic N) is 5. The number of methoxy groups -OCH3 is 1. The fourth-order valence-electron chi connectivity index (χ4n) is 5.55. The summed E-state index contributed by atoms with van der Waals surface area (Å²) in [6.45, 7) is 5.47. The van der Waals surface area contributed by atoms with E-state index in [-0.39, 0.29) is 17.2 Å². The predicted molar refractivity (Wildman–Crippen MR) is 151 cm³/mol. The first-order valence-electron chi connectivity index (χ1n) is 13.8. The highest BCUT2D eigenvalue weighted by Crippen LogP contribution is 2.38. The van der Waals surface area contributed by atoms with Crippen molar-refractivity contribution in [3.05, 3.63) is 71.8 Å². The van der Waals surface area contributed by atoms with Gasteiger partial charge in [-0.3, -0.25) is 9.59 Å². The number of benzene rings is 1. The summed E-state index contributed by atoms with van der Waals surface area (Å²) in [5.74, 6) is 2.26.